The highest BCUT2D eigenvalue weighted by molar-refractivity contribution is 5.95. The fourth-order valence-electron chi connectivity index (χ4n) is 1.88. The maximum atomic E-state index is 11.6. The average molecular weight is 246 g/mol. The standard InChI is InChI=1S/C13H18N4O/c1-3-6-17-13(14-10-15-17)9-16-7-5-11(8-16)12(18)4-2/h5,7-8,10H,3-4,6,9H2,1-2H3. The van der Waals surface area contributed by atoms with Crippen LogP contribution in [0.4, 0.5) is 0 Å². The topological polar surface area (TPSA) is 52.7 Å². The van der Waals surface area contributed by atoms with Gasteiger partial charge in [-0.2, -0.15) is 5.10 Å². The zero-order chi connectivity index (χ0) is 13.0. The number of ketones is 1. The Morgan fingerprint density at radius 1 is 1.39 bits per heavy atom. The van der Waals surface area contributed by atoms with Gasteiger partial charge in [0.25, 0.3) is 0 Å². The first kappa shape index (κ1) is 12.5. The quantitative estimate of drug-likeness (QED) is 0.734. The molecule has 0 aromatic carbocycles. The van der Waals surface area contributed by atoms with Crippen LogP contribution in [0.1, 0.15) is 42.9 Å². The SMILES string of the molecule is CCCn1ncnc1Cn1ccc(C(=O)CC)c1. The van der Waals surface area contributed by atoms with Crippen LogP contribution in [-0.4, -0.2) is 25.1 Å². The normalized spacial score (nSPS) is 10.8. The minimum absolute atomic E-state index is 0.170. The van der Waals surface area contributed by atoms with E-state index in [1.807, 2.05) is 34.6 Å². The number of carbonyl (C=O) groups is 1. The lowest BCUT2D eigenvalue weighted by Gasteiger charge is -2.05. The smallest absolute Gasteiger partial charge is 0.164 e. The molecule has 18 heavy (non-hydrogen) atoms. The number of hydrogen-bond donors (Lipinski definition) is 0. The number of carbonyl (C=O) groups excluding carboxylic acids is 1. The summed E-state index contributed by atoms with van der Waals surface area (Å²) < 4.78 is 3.88. The first-order valence-corrected chi connectivity index (χ1v) is 6.30. The summed E-state index contributed by atoms with van der Waals surface area (Å²) >= 11 is 0. The van der Waals surface area contributed by atoms with Crippen LogP contribution in [0.2, 0.25) is 0 Å². The van der Waals surface area contributed by atoms with Gasteiger partial charge in [0.2, 0.25) is 0 Å². The zero-order valence-electron chi connectivity index (χ0n) is 10.8. The van der Waals surface area contributed by atoms with Crippen molar-refractivity contribution in [3.05, 3.63) is 36.2 Å². The number of Topliss-reactive ketones (excluding diaryl/α,β-unsaturated/α-hetero) is 1. The summed E-state index contributed by atoms with van der Waals surface area (Å²) in [6, 6.07) is 1.85. The second-order valence-electron chi connectivity index (χ2n) is 4.25. The van der Waals surface area contributed by atoms with Crippen molar-refractivity contribution in [3.63, 3.8) is 0 Å². The van der Waals surface area contributed by atoms with Crippen molar-refractivity contribution in [1.82, 2.24) is 19.3 Å². The molecule has 0 aliphatic rings. The van der Waals surface area contributed by atoms with Gasteiger partial charge in [0, 0.05) is 30.9 Å². The Kier molecular flexibility index (Phi) is 3.92. The first-order valence-electron chi connectivity index (χ1n) is 6.30. The van der Waals surface area contributed by atoms with E-state index in [0.717, 1.165) is 24.4 Å². The van der Waals surface area contributed by atoms with E-state index in [1.165, 1.54) is 0 Å². The van der Waals surface area contributed by atoms with Crippen LogP contribution in [0, 0.1) is 0 Å². The summed E-state index contributed by atoms with van der Waals surface area (Å²) in [6.07, 6.45) is 6.93. The van der Waals surface area contributed by atoms with Crippen molar-refractivity contribution in [2.45, 2.75) is 39.8 Å². The van der Waals surface area contributed by atoms with Crippen LogP contribution in [-0.2, 0) is 13.1 Å². The highest BCUT2D eigenvalue weighted by atomic mass is 16.1. The summed E-state index contributed by atoms with van der Waals surface area (Å²) in [5.74, 6) is 1.09. The van der Waals surface area contributed by atoms with Crippen LogP contribution in [0.5, 0.6) is 0 Å². The van der Waals surface area contributed by atoms with Gasteiger partial charge in [-0.3, -0.25) is 4.79 Å². The molecular formula is C13H18N4O. The van der Waals surface area contributed by atoms with E-state index in [0.29, 0.717) is 13.0 Å². The molecule has 2 heterocycles. The summed E-state index contributed by atoms with van der Waals surface area (Å²) in [5.41, 5.74) is 0.763. The van der Waals surface area contributed by atoms with Crippen molar-refractivity contribution < 1.29 is 4.79 Å². The molecule has 0 saturated heterocycles. The van der Waals surface area contributed by atoms with Crippen LogP contribution in [0.15, 0.2) is 24.8 Å². The largest absolute Gasteiger partial charge is 0.346 e. The van der Waals surface area contributed by atoms with Gasteiger partial charge < -0.3 is 4.57 Å². The van der Waals surface area contributed by atoms with Gasteiger partial charge >= 0.3 is 0 Å². The molecule has 5 heteroatoms. The van der Waals surface area contributed by atoms with Crippen molar-refractivity contribution in [2.75, 3.05) is 0 Å². The molecule has 0 aliphatic carbocycles. The number of aryl methyl sites for hydroxylation is 1. The predicted octanol–water partition coefficient (Wildman–Crippen LogP) is 2.13. The Labute approximate surface area is 106 Å². The van der Waals surface area contributed by atoms with E-state index in [1.54, 1.807) is 6.33 Å². The Morgan fingerprint density at radius 3 is 2.94 bits per heavy atom. The molecule has 0 fully saturated rings. The Morgan fingerprint density at radius 2 is 2.22 bits per heavy atom. The van der Waals surface area contributed by atoms with E-state index in [4.69, 9.17) is 0 Å². The number of rotatable bonds is 6. The van der Waals surface area contributed by atoms with E-state index in [-0.39, 0.29) is 5.78 Å². The second kappa shape index (κ2) is 5.62. The third kappa shape index (κ3) is 2.67. The van der Waals surface area contributed by atoms with Crippen LogP contribution in [0.25, 0.3) is 0 Å². The van der Waals surface area contributed by atoms with Gasteiger partial charge in [0.1, 0.15) is 12.2 Å². The number of hydrogen-bond acceptors (Lipinski definition) is 3. The maximum absolute atomic E-state index is 11.6. The lowest BCUT2D eigenvalue weighted by atomic mass is 10.2. The van der Waals surface area contributed by atoms with Crippen molar-refractivity contribution in [1.29, 1.82) is 0 Å². The van der Waals surface area contributed by atoms with Crippen LogP contribution < -0.4 is 0 Å². The van der Waals surface area contributed by atoms with Gasteiger partial charge in [0.05, 0.1) is 6.54 Å². The summed E-state index contributed by atoms with van der Waals surface area (Å²) in [5, 5.41) is 4.19. The molecule has 0 saturated carbocycles. The van der Waals surface area contributed by atoms with Gasteiger partial charge in [-0.15, -0.1) is 0 Å². The number of aromatic nitrogens is 4. The molecule has 0 atom stereocenters. The van der Waals surface area contributed by atoms with E-state index in [2.05, 4.69) is 17.0 Å². The van der Waals surface area contributed by atoms with Crippen molar-refractivity contribution >= 4 is 5.78 Å². The average Bonchev–Trinajstić information content (AvgIpc) is 3.00. The minimum atomic E-state index is 0.170. The van der Waals surface area contributed by atoms with Gasteiger partial charge in [-0.1, -0.05) is 13.8 Å². The van der Waals surface area contributed by atoms with Gasteiger partial charge in [0.15, 0.2) is 5.78 Å². The third-order valence-electron chi connectivity index (χ3n) is 2.85. The van der Waals surface area contributed by atoms with Crippen LogP contribution in [0.3, 0.4) is 0 Å². The summed E-state index contributed by atoms with van der Waals surface area (Å²) in [6.45, 7) is 5.50. The molecule has 0 amide bonds. The first-order chi connectivity index (χ1) is 8.74. The molecule has 0 aliphatic heterocycles. The third-order valence-corrected chi connectivity index (χ3v) is 2.85. The minimum Gasteiger partial charge on any atom is -0.346 e. The monoisotopic (exact) mass is 246 g/mol. The predicted molar refractivity (Wildman–Crippen MR) is 68.5 cm³/mol. The Bertz CT molecular complexity index is 527. The van der Waals surface area contributed by atoms with E-state index < -0.39 is 0 Å². The van der Waals surface area contributed by atoms with Gasteiger partial charge in [-0.05, 0) is 12.5 Å². The molecule has 2 aromatic heterocycles. The van der Waals surface area contributed by atoms with E-state index in [9.17, 15) is 4.79 Å². The molecule has 2 aromatic rings. The number of nitrogens with zero attached hydrogens (tertiary/aromatic N) is 4. The Hall–Kier alpha value is -1.91. The molecule has 0 unspecified atom stereocenters. The molecule has 2 rings (SSSR count). The fourth-order valence-corrected chi connectivity index (χ4v) is 1.88. The lowest BCUT2D eigenvalue weighted by molar-refractivity contribution is 0.0988. The highest BCUT2D eigenvalue weighted by Gasteiger charge is 2.07. The molecule has 0 N–H and O–H groups in total. The molecule has 5 nitrogen and oxygen atoms in total. The Balaban J connectivity index is 2.11. The molecule has 0 bridgehead atoms. The van der Waals surface area contributed by atoms with Gasteiger partial charge in [-0.25, -0.2) is 9.67 Å². The second-order valence-corrected chi connectivity index (χ2v) is 4.25. The zero-order valence-corrected chi connectivity index (χ0v) is 10.8. The lowest BCUT2D eigenvalue weighted by Crippen LogP contribution is -2.09. The van der Waals surface area contributed by atoms with Crippen molar-refractivity contribution in [3.8, 4) is 0 Å². The van der Waals surface area contributed by atoms with E-state index >= 15 is 0 Å². The summed E-state index contributed by atoms with van der Waals surface area (Å²) in [7, 11) is 0. The molecule has 0 radical (unpaired) electrons. The molecular weight excluding hydrogens is 228 g/mol. The van der Waals surface area contributed by atoms with Crippen molar-refractivity contribution in [2.24, 2.45) is 0 Å². The van der Waals surface area contributed by atoms with Crippen LogP contribution >= 0.6 is 0 Å². The maximum Gasteiger partial charge on any atom is 0.164 e. The molecule has 0 spiro atoms. The summed E-state index contributed by atoms with van der Waals surface area (Å²) in [4.78, 5) is 15.8. The fraction of sp³-hybridized carbons (Fsp3) is 0.462. The molecule has 96 valence electrons. The highest BCUT2D eigenvalue weighted by Crippen LogP contribution is 2.07.